The molecule has 124 valence electrons. The van der Waals surface area contributed by atoms with Gasteiger partial charge in [-0.3, -0.25) is 0 Å². The van der Waals surface area contributed by atoms with E-state index in [9.17, 15) is 31.1 Å². The van der Waals surface area contributed by atoms with Crippen molar-refractivity contribution in [3.63, 3.8) is 0 Å². The quantitative estimate of drug-likeness (QED) is 0.626. The van der Waals surface area contributed by atoms with Crippen molar-refractivity contribution in [1.29, 1.82) is 0 Å². The average Bonchev–Trinajstić information content (AvgIpc) is 2.34. The molecule has 0 spiro atoms. The zero-order chi connectivity index (χ0) is 17.1. The summed E-state index contributed by atoms with van der Waals surface area (Å²) in [6.45, 7) is 1.13. The number of rotatable bonds is 4. The molecular weight excluding hydrogens is 324 g/mol. The molecule has 1 aromatic heterocycles. The predicted molar refractivity (Wildman–Crippen MR) is 58.4 cm³/mol. The third kappa shape index (κ3) is 4.40. The molecule has 0 unspecified atom stereocenters. The van der Waals surface area contributed by atoms with Gasteiger partial charge in [0.15, 0.2) is 11.3 Å². The van der Waals surface area contributed by atoms with E-state index in [1.165, 1.54) is 6.92 Å². The minimum Gasteiger partial charge on any atom is -0.496 e. The van der Waals surface area contributed by atoms with Crippen LogP contribution in [0.1, 0.15) is 23.0 Å². The lowest BCUT2D eigenvalue weighted by molar-refractivity contribution is -0.276. The molecule has 0 aromatic carbocycles. The van der Waals surface area contributed by atoms with Crippen LogP contribution in [0, 0.1) is 0 Å². The third-order valence-corrected chi connectivity index (χ3v) is 2.15. The van der Waals surface area contributed by atoms with Gasteiger partial charge in [0.2, 0.25) is 5.88 Å². The second-order valence-corrected chi connectivity index (χ2v) is 3.66. The molecule has 0 saturated carbocycles. The summed E-state index contributed by atoms with van der Waals surface area (Å²) in [5.41, 5.74) is -2.70. The summed E-state index contributed by atoms with van der Waals surface area (Å²) in [7, 11) is 0.871. The minimum atomic E-state index is -5.36. The van der Waals surface area contributed by atoms with Crippen LogP contribution in [0.4, 0.5) is 26.3 Å². The van der Waals surface area contributed by atoms with Gasteiger partial charge in [0.1, 0.15) is 5.75 Å². The van der Waals surface area contributed by atoms with Gasteiger partial charge in [-0.1, -0.05) is 0 Å². The van der Waals surface area contributed by atoms with Crippen LogP contribution in [-0.2, 0) is 10.9 Å². The first-order chi connectivity index (χ1) is 9.99. The lowest BCUT2D eigenvalue weighted by atomic mass is 10.2. The van der Waals surface area contributed by atoms with Crippen LogP contribution in [0.15, 0.2) is 6.07 Å². The zero-order valence-electron chi connectivity index (χ0n) is 11.1. The summed E-state index contributed by atoms with van der Waals surface area (Å²) < 4.78 is 87.1. The highest BCUT2D eigenvalue weighted by Gasteiger charge is 2.40. The first-order valence-corrected chi connectivity index (χ1v) is 5.58. The Hall–Kier alpha value is -2.20. The number of esters is 1. The van der Waals surface area contributed by atoms with Gasteiger partial charge in [0.25, 0.3) is 0 Å². The molecule has 0 amide bonds. The van der Waals surface area contributed by atoms with Crippen molar-refractivity contribution in [3.8, 4) is 11.6 Å². The molecule has 0 atom stereocenters. The van der Waals surface area contributed by atoms with Gasteiger partial charge in [-0.05, 0) is 6.92 Å². The molecule has 0 fully saturated rings. The summed E-state index contributed by atoms with van der Waals surface area (Å²) in [4.78, 5) is 14.3. The number of nitrogens with zero attached hydrogens (tertiary/aromatic N) is 1. The topological polar surface area (TPSA) is 57.7 Å². The molecule has 1 heterocycles. The number of aromatic nitrogens is 1. The van der Waals surface area contributed by atoms with E-state index in [-0.39, 0.29) is 12.7 Å². The van der Waals surface area contributed by atoms with Crippen LogP contribution in [-0.4, -0.2) is 31.0 Å². The molecule has 11 heteroatoms. The first-order valence-electron chi connectivity index (χ1n) is 5.58. The van der Waals surface area contributed by atoms with Crippen LogP contribution in [0.2, 0.25) is 0 Å². The third-order valence-electron chi connectivity index (χ3n) is 2.15. The predicted octanol–water partition coefficient (Wildman–Crippen LogP) is 3.18. The zero-order valence-corrected chi connectivity index (χ0v) is 11.1. The fraction of sp³-hybridized carbons (Fsp3) is 0.455. The number of carbonyl (C=O) groups is 1. The minimum absolute atomic E-state index is 0.228. The van der Waals surface area contributed by atoms with Crippen LogP contribution < -0.4 is 9.47 Å². The molecular formula is C11H9F6NO4. The van der Waals surface area contributed by atoms with E-state index in [1.807, 2.05) is 0 Å². The van der Waals surface area contributed by atoms with Gasteiger partial charge in [-0.25, -0.2) is 9.78 Å². The largest absolute Gasteiger partial charge is 0.574 e. The molecule has 0 aliphatic heterocycles. The number of alkyl halides is 6. The summed E-state index contributed by atoms with van der Waals surface area (Å²) in [6, 6.07) is 0.273. The molecule has 5 nitrogen and oxygen atoms in total. The van der Waals surface area contributed by atoms with E-state index in [1.54, 1.807) is 0 Å². The van der Waals surface area contributed by atoms with Gasteiger partial charge in [-0.15, -0.1) is 13.2 Å². The van der Waals surface area contributed by atoms with Gasteiger partial charge >= 0.3 is 18.5 Å². The SMILES string of the molecule is CCOC(=O)c1c(OC)cc(C(F)(F)F)nc1OC(F)(F)F. The number of methoxy groups -OCH3 is 1. The molecule has 0 aliphatic carbocycles. The highest BCUT2D eigenvalue weighted by molar-refractivity contribution is 5.95. The van der Waals surface area contributed by atoms with Crippen molar-refractivity contribution < 1.29 is 45.3 Å². The summed E-state index contributed by atoms with van der Waals surface area (Å²) in [5, 5.41) is 0. The molecule has 0 radical (unpaired) electrons. The highest BCUT2D eigenvalue weighted by atomic mass is 19.4. The maximum Gasteiger partial charge on any atom is 0.574 e. The van der Waals surface area contributed by atoms with E-state index in [0.717, 1.165) is 7.11 Å². The standard InChI is InChI=1S/C11H9F6NO4/c1-3-21-9(19)7-5(20-2)4-6(10(12,13)14)18-8(7)22-11(15,16)17/h4H,3H2,1-2H3. The summed E-state index contributed by atoms with van der Waals surface area (Å²) in [5.74, 6) is -3.77. The Morgan fingerprint density at radius 1 is 1.23 bits per heavy atom. The summed E-state index contributed by atoms with van der Waals surface area (Å²) >= 11 is 0. The Labute approximate surface area is 119 Å². The van der Waals surface area contributed by atoms with E-state index >= 15 is 0 Å². The summed E-state index contributed by atoms with van der Waals surface area (Å²) in [6.07, 6.45) is -10.4. The number of halogens is 6. The fourth-order valence-electron chi connectivity index (χ4n) is 1.38. The van der Waals surface area contributed by atoms with E-state index < -0.39 is 41.4 Å². The second-order valence-electron chi connectivity index (χ2n) is 3.66. The van der Waals surface area contributed by atoms with Gasteiger partial charge in [0, 0.05) is 6.07 Å². The number of pyridine rings is 1. The normalized spacial score (nSPS) is 12.0. The molecule has 0 bridgehead atoms. The Kier molecular flexibility index (Phi) is 5.09. The van der Waals surface area contributed by atoms with Crippen LogP contribution in [0.5, 0.6) is 11.6 Å². The van der Waals surface area contributed by atoms with E-state index in [2.05, 4.69) is 19.2 Å². The number of carbonyl (C=O) groups excluding carboxylic acids is 1. The van der Waals surface area contributed by atoms with E-state index in [4.69, 9.17) is 0 Å². The van der Waals surface area contributed by atoms with Crippen LogP contribution in [0.3, 0.4) is 0 Å². The Bertz CT molecular complexity index is 555. The Balaban J connectivity index is 3.53. The lowest BCUT2D eigenvalue weighted by Crippen LogP contribution is -2.22. The van der Waals surface area contributed by atoms with Gasteiger partial charge < -0.3 is 14.2 Å². The highest BCUT2D eigenvalue weighted by Crippen LogP contribution is 2.37. The van der Waals surface area contributed by atoms with Crippen LogP contribution in [0.25, 0.3) is 0 Å². The van der Waals surface area contributed by atoms with Gasteiger partial charge in [-0.2, -0.15) is 13.2 Å². The lowest BCUT2D eigenvalue weighted by Gasteiger charge is -2.16. The maximum atomic E-state index is 12.6. The molecule has 0 N–H and O–H groups in total. The maximum absolute atomic E-state index is 12.6. The second kappa shape index (κ2) is 6.28. The van der Waals surface area contributed by atoms with E-state index in [0.29, 0.717) is 0 Å². The van der Waals surface area contributed by atoms with Crippen molar-refractivity contribution in [2.75, 3.05) is 13.7 Å². The van der Waals surface area contributed by atoms with Crippen molar-refractivity contribution in [2.45, 2.75) is 19.5 Å². The molecule has 0 aliphatic rings. The number of hydrogen-bond donors (Lipinski definition) is 0. The molecule has 1 rings (SSSR count). The Morgan fingerprint density at radius 3 is 2.23 bits per heavy atom. The monoisotopic (exact) mass is 333 g/mol. The van der Waals surface area contributed by atoms with Crippen molar-refractivity contribution in [3.05, 3.63) is 17.3 Å². The van der Waals surface area contributed by atoms with Crippen molar-refractivity contribution in [1.82, 2.24) is 4.98 Å². The molecule has 0 saturated heterocycles. The Morgan fingerprint density at radius 2 is 1.82 bits per heavy atom. The molecule has 22 heavy (non-hydrogen) atoms. The molecule has 1 aromatic rings. The van der Waals surface area contributed by atoms with Gasteiger partial charge in [0.05, 0.1) is 13.7 Å². The fourth-order valence-corrected chi connectivity index (χ4v) is 1.38. The smallest absolute Gasteiger partial charge is 0.496 e. The van der Waals surface area contributed by atoms with Crippen molar-refractivity contribution >= 4 is 5.97 Å². The van der Waals surface area contributed by atoms with Crippen molar-refractivity contribution in [2.24, 2.45) is 0 Å². The number of hydrogen-bond acceptors (Lipinski definition) is 5. The first kappa shape index (κ1) is 17.9. The van der Waals surface area contributed by atoms with Crippen LogP contribution >= 0.6 is 0 Å². The average molecular weight is 333 g/mol. The number of ether oxygens (including phenoxy) is 3.